The number of nitro groups is 1. The predicted octanol–water partition coefficient (Wildman–Crippen LogP) is 3.09. The van der Waals surface area contributed by atoms with Gasteiger partial charge in [0, 0.05) is 24.2 Å². The molecule has 1 aromatic heterocycles. The average molecular weight is 359 g/mol. The molecule has 0 unspecified atom stereocenters. The molecule has 2 aromatic rings. The molecular weight excluding hydrogens is 348 g/mol. The molecule has 0 N–H and O–H groups in total. The molecule has 0 saturated carbocycles. The topological polar surface area (TPSA) is 81.4 Å². The second-order valence-electron chi connectivity index (χ2n) is 4.42. The van der Waals surface area contributed by atoms with Crippen LogP contribution in [0, 0.1) is 10.1 Å². The van der Waals surface area contributed by atoms with E-state index in [0.717, 1.165) is 18.2 Å². The fourth-order valence-electron chi connectivity index (χ4n) is 1.94. The van der Waals surface area contributed by atoms with E-state index in [0.29, 0.717) is 27.5 Å². The Bertz CT molecular complexity index is 691. The van der Waals surface area contributed by atoms with Gasteiger partial charge < -0.3 is 9.64 Å². The van der Waals surface area contributed by atoms with Gasteiger partial charge in [0.1, 0.15) is 0 Å². The Balaban J connectivity index is 1.79. The highest BCUT2D eigenvalue weighted by molar-refractivity contribution is 8.01. The maximum Gasteiger partial charge on any atom is 0.284 e. The molecule has 116 valence electrons. The minimum atomic E-state index is -0.446. The van der Waals surface area contributed by atoms with Gasteiger partial charge in [0.05, 0.1) is 23.0 Å². The number of morpholine rings is 1. The third kappa shape index (κ3) is 3.49. The normalized spacial score (nSPS) is 15.0. The minimum absolute atomic E-state index is 0.0272. The average Bonchev–Trinajstić information content (AvgIpc) is 2.98. The van der Waals surface area contributed by atoms with E-state index in [1.165, 1.54) is 29.2 Å². The van der Waals surface area contributed by atoms with Gasteiger partial charge in [0.15, 0.2) is 4.34 Å². The predicted molar refractivity (Wildman–Crippen MR) is 85.2 cm³/mol. The van der Waals surface area contributed by atoms with Gasteiger partial charge >= 0.3 is 0 Å². The SMILES string of the molecule is O=[N+]([O-])c1cc(Cl)ccc1Sc1nnc(N2CCOCC2)s1. The van der Waals surface area contributed by atoms with Crippen molar-refractivity contribution in [2.45, 2.75) is 9.24 Å². The van der Waals surface area contributed by atoms with Crippen LogP contribution in [0.2, 0.25) is 5.02 Å². The number of aromatic nitrogens is 2. The molecular formula is C12H11ClN4O3S2. The molecule has 1 saturated heterocycles. The summed E-state index contributed by atoms with van der Waals surface area (Å²) in [7, 11) is 0. The summed E-state index contributed by atoms with van der Waals surface area (Å²) in [6, 6.07) is 4.59. The van der Waals surface area contributed by atoms with Gasteiger partial charge in [-0.15, -0.1) is 10.2 Å². The Kier molecular flexibility index (Phi) is 4.77. The van der Waals surface area contributed by atoms with Crippen molar-refractivity contribution in [3.05, 3.63) is 33.3 Å². The van der Waals surface area contributed by atoms with Crippen molar-refractivity contribution >= 4 is 45.5 Å². The number of hydrogen-bond acceptors (Lipinski definition) is 8. The standard InChI is InChI=1S/C12H11ClN4O3S2/c13-8-1-2-10(9(7-8)17(18)19)21-12-15-14-11(22-12)16-3-5-20-6-4-16/h1-2,7H,3-6H2. The first-order chi connectivity index (χ1) is 10.6. The number of nitro benzene ring substituents is 1. The van der Waals surface area contributed by atoms with Crippen molar-refractivity contribution < 1.29 is 9.66 Å². The number of hydrogen-bond donors (Lipinski definition) is 0. The molecule has 0 spiro atoms. The lowest BCUT2D eigenvalue weighted by molar-refractivity contribution is -0.387. The van der Waals surface area contributed by atoms with Crippen LogP contribution >= 0.6 is 34.7 Å². The van der Waals surface area contributed by atoms with Gasteiger partial charge in [0.25, 0.3) is 5.69 Å². The molecule has 10 heteroatoms. The van der Waals surface area contributed by atoms with E-state index in [2.05, 4.69) is 15.1 Å². The second-order valence-corrected chi connectivity index (χ2v) is 7.10. The molecule has 1 aliphatic rings. The van der Waals surface area contributed by atoms with Crippen molar-refractivity contribution in [1.82, 2.24) is 10.2 Å². The summed E-state index contributed by atoms with van der Waals surface area (Å²) in [6.07, 6.45) is 0. The zero-order valence-corrected chi connectivity index (χ0v) is 13.7. The van der Waals surface area contributed by atoms with E-state index >= 15 is 0 Å². The Hall–Kier alpha value is -1.42. The maximum atomic E-state index is 11.1. The number of benzene rings is 1. The number of halogens is 1. The minimum Gasteiger partial charge on any atom is -0.378 e. The van der Waals surface area contributed by atoms with Crippen LogP contribution in [0.1, 0.15) is 0 Å². The molecule has 3 rings (SSSR count). The summed E-state index contributed by atoms with van der Waals surface area (Å²) in [5, 5.41) is 20.5. The van der Waals surface area contributed by atoms with Crippen LogP contribution in [-0.4, -0.2) is 41.4 Å². The van der Waals surface area contributed by atoms with Crippen molar-refractivity contribution in [2.24, 2.45) is 0 Å². The Morgan fingerprint density at radius 3 is 2.86 bits per heavy atom. The molecule has 1 fully saturated rings. The van der Waals surface area contributed by atoms with E-state index < -0.39 is 4.92 Å². The van der Waals surface area contributed by atoms with Gasteiger partial charge in [-0.2, -0.15) is 0 Å². The van der Waals surface area contributed by atoms with E-state index in [1.807, 2.05) is 0 Å². The van der Waals surface area contributed by atoms with Gasteiger partial charge in [0.2, 0.25) is 5.13 Å². The van der Waals surface area contributed by atoms with Crippen molar-refractivity contribution in [1.29, 1.82) is 0 Å². The number of ether oxygens (including phenoxy) is 1. The Morgan fingerprint density at radius 1 is 1.36 bits per heavy atom. The van der Waals surface area contributed by atoms with Crippen molar-refractivity contribution in [2.75, 3.05) is 31.2 Å². The fourth-order valence-corrected chi connectivity index (χ4v) is 4.04. The third-order valence-corrected chi connectivity index (χ3v) is 5.33. The lowest BCUT2D eigenvalue weighted by atomic mass is 10.3. The first-order valence-corrected chi connectivity index (χ1v) is 8.42. The van der Waals surface area contributed by atoms with Gasteiger partial charge in [-0.3, -0.25) is 10.1 Å². The van der Waals surface area contributed by atoms with Crippen molar-refractivity contribution in [3.8, 4) is 0 Å². The summed E-state index contributed by atoms with van der Waals surface area (Å²) in [4.78, 5) is 13.2. The van der Waals surface area contributed by atoms with Crippen molar-refractivity contribution in [3.63, 3.8) is 0 Å². The lowest BCUT2D eigenvalue weighted by Gasteiger charge is -2.25. The Morgan fingerprint density at radius 2 is 2.14 bits per heavy atom. The largest absolute Gasteiger partial charge is 0.378 e. The molecule has 0 bridgehead atoms. The summed E-state index contributed by atoms with van der Waals surface area (Å²) in [6.45, 7) is 2.90. The number of rotatable bonds is 4. The zero-order valence-electron chi connectivity index (χ0n) is 11.3. The number of nitrogens with zero attached hydrogens (tertiary/aromatic N) is 4. The van der Waals surface area contributed by atoms with E-state index in [9.17, 15) is 10.1 Å². The molecule has 0 radical (unpaired) electrons. The number of anilines is 1. The molecule has 7 nitrogen and oxygen atoms in total. The second kappa shape index (κ2) is 6.78. The quantitative estimate of drug-likeness (QED) is 0.613. The van der Waals surface area contributed by atoms with Crippen LogP contribution in [-0.2, 0) is 4.74 Å². The summed E-state index contributed by atoms with van der Waals surface area (Å²) in [5.74, 6) is 0. The van der Waals surface area contributed by atoms with Gasteiger partial charge in [-0.25, -0.2) is 0 Å². The van der Waals surface area contributed by atoms with Crippen LogP contribution in [0.15, 0.2) is 27.4 Å². The van der Waals surface area contributed by atoms with Crippen LogP contribution in [0.4, 0.5) is 10.8 Å². The first kappa shape index (κ1) is 15.5. The van der Waals surface area contributed by atoms with Crippen LogP contribution in [0.25, 0.3) is 0 Å². The van der Waals surface area contributed by atoms with Crippen LogP contribution in [0.3, 0.4) is 0 Å². The van der Waals surface area contributed by atoms with E-state index in [-0.39, 0.29) is 5.69 Å². The highest BCUT2D eigenvalue weighted by Gasteiger charge is 2.20. The van der Waals surface area contributed by atoms with E-state index in [4.69, 9.17) is 16.3 Å². The molecule has 22 heavy (non-hydrogen) atoms. The smallest absolute Gasteiger partial charge is 0.284 e. The zero-order chi connectivity index (χ0) is 15.5. The molecule has 0 atom stereocenters. The first-order valence-electron chi connectivity index (χ1n) is 6.41. The molecule has 1 aromatic carbocycles. The van der Waals surface area contributed by atoms with Crippen LogP contribution < -0.4 is 4.90 Å². The molecule has 2 heterocycles. The fraction of sp³-hybridized carbons (Fsp3) is 0.333. The summed E-state index contributed by atoms with van der Waals surface area (Å²) < 4.78 is 5.96. The summed E-state index contributed by atoms with van der Waals surface area (Å²) >= 11 is 8.45. The lowest BCUT2D eigenvalue weighted by Crippen LogP contribution is -2.36. The molecule has 1 aliphatic heterocycles. The molecule has 0 aliphatic carbocycles. The van der Waals surface area contributed by atoms with Crippen LogP contribution in [0.5, 0.6) is 0 Å². The maximum absolute atomic E-state index is 11.1. The Labute approximate surface area is 139 Å². The molecule has 0 amide bonds. The third-order valence-electron chi connectivity index (χ3n) is 2.99. The highest BCUT2D eigenvalue weighted by atomic mass is 35.5. The monoisotopic (exact) mass is 358 g/mol. The summed E-state index contributed by atoms with van der Waals surface area (Å²) in [5.41, 5.74) is -0.0272. The van der Waals surface area contributed by atoms with Gasteiger partial charge in [-0.05, 0) is 23.9 Å². The van der Waals surface area contributed by atoms with E-state index in [1.54, 1.807) is 12.1 Å². The van der Waals surface area contributed by atoms with Gasteiger partial charge in [-0.1, -0.05) is 22.9 Å². The highest BCUT2D eigenvalue weighted by Crippen LogP contribution is 2.39.